The topological polar surface area (TPSA) is 64.9 Å². The summed E-state index contributed by atoms with van der Waals surface area (Å²) < 4.78 is 7.78. The zero-order chi connectivity index (χ0) is 18.2. The number of hydrogen-bond donors (Lipinski definition) is 1. The Labute approximate surface area is 158 Å². The number of aryl methyl sites for hydroxylation is 1. The van der Waals surface area contributed by atoms with Crippen LogP contribution in [-0.2, 0) is 19.7 Å². The first kappa shape index (κ1) is 18.2. The SMILES string of the molecule is CCCCn1nnnc1NCc1ccccc1OCc1cccc(Cl)c1. The molecule has 1 heterocycles. The van der Waals surface area contributed by atoms with E-state index in [2.05, 4.69) is 27.8 Å². The van der Waals surface area contributed by atoms with Crippen molar-refractivity contribution in [1.82, 2.24) is 20.2 Å². The van der Waals surface area contributed by atoms with E-state index in [9.17, 15) is 0 Å². The summed E-state index contributed by atoms with van der Waals surface area (Å²) in [5.74, 6) is 1.50. The molecule has 1 N–H and O–H groups in total. The monoisotopic (exact) mass is 371 g/mol. The molecule has 3 aromatic rings. The molecular formula is C19H22ClN5O. The summed E-state index contributed by atoms with van der Waals surface area (Å²) in [4.78, 5) is 0. The van der Waals surface area contributed by atoms with E-state index >= 15 is 0 Å². The van der Waals surface area contributed by atoms with Crippen LogP contribution in [-0.4, -0.2) is 20.2 Å². The Morgan fingerprint density at radius 2 is 2.04 bits per heavy atom. The van der Waals surface area contributed by atoms with Gasteiger partial charge in [-0.15, -0.1) is 0 Å². The largest absolute Gasteiger partial charge is 0.489 e. The fraction of sp³-hybridized carbons (Fsp3) is 0.316. The first-order valence-corrected chi connectivity index (χ1v) is 9.09. The van der Waals surface area contributed by atoms with Crippen molar-refractivity contribution < 1.29 is 4.74 Å². The Hall–Kier alpha value is -2.60. The van der Waals surface area contributed by atoms with Crippen LogP contribution in [0.5, 0.6) is 5.75 Å². The predicted octanol–water partition coefficient (Wildman–Crippen LogP) is 4.32. The van der Waals surface area contributed by atoms with E-state index in [0.717, 1.165) is 36.3 Å². The van der Waals surface area contributed by atoms with E-state index < -0.39 is 0 Å². The molecule has 0 aliphatic carbocycles. The van der Waals surface area contributed by atoms with Crippen LogP contribution in [0.2, 0.25) is 5.02 Å². The van der Waals surface area contributed by atoms with Crippen molar-refractivity contribution in [2.24, 2.45) is 0 Å². The quantitative estimate of drug-likeness (QED) is 0.606. The molecule has 26 heavy (non-hydrogen) atoms. The minimum Gasteiger partial charge on any atom is -0.489 e. The second-order valence-corrected chi connectivity index (χ2v) is 6.40. The van der Waals surface area contributed by atoms with Crippen LogP contribution in [0.3, 0.4) is 0 Å². The third kappa shape index (κ3) is 4.95. The van der Waals surface area contributed by atoms with Crippen LogP contribution in [0.15, 0.2) is 48.5 Å². The lowest BCUT2D eigenvalue weighted by Crippen LogP contribution is -2.10. The molecule has 1 aromatic heterocycles. The van der Waals surface area contributed by atoms with Crippen LogP contribution in [0.1, 0.15) is 30.9 Å². The summed E-state index contributed by atoms with van der Waals surface area (Å²) in [6, 6.07) is 15.6. The van der Waals surface area contributed by atoms with E-state index in [4.69, 9.17) is 16.3 Å². The fourth-order valence-corrected chi connectivity index (χ4v) is 2.76. The van der Waals surface area contributed by atoms with E-state index in [1.807, 2.05) is 48.5 Å². The molecule has 0 spiro atoms. The van der Waals surface area contributed by atoms with Crippen LogP contribution >= 0.6 is 11.6 Å². The lowest BCUT2D eigenvalue weighted by molar-refractivity contribution is 0.303. The molecule has 0 amide bonds. The molecule has 0 aliphatic heterocycles. The number of rotatable bonds is 9. The average molecular weight is 372 g/mol. The number of hydrogen-bond acceptors (Lipinski definition) is 5. The van der Waals surface area contributed by atoms with Crippen LogP contribution < -0.4 is 10.1 Å². The van der Waals surface area contributed by atoms with Crippen molar-refractivity contribution in [3.8, 4) is 5.75 Å². The Balaban J connectivity index is 1.63. The maximum atomic E-state index is 6.03. The molecule has 7 heteroatoms. The van der Waals surface area contributed by atoms with Gasteiger partial charge in [-0.25, -0.2) is 4.68 Å². The first-order chi connectivity index (χ1) is 12.8. The minimum absolute atomic E-state index is 0.464. The van der Waals surface area contributed by atoms with Gasteiger partial charge >= 0.3 is 0 Å². The Morgan fingerprint density at radius 3 is 2.88 bits per heavy atom. The zero-order valence-electron chi connectivity index (χ0n) is 14.7. The number of nitrogens with one attached hydrogen (secondary N) is 1. The van der Waals surface area contributed by atoms with E-state index in [1.165, 1.54) is 0 Å². The van der Waals surface area contributed by atoms with Crippen molar-refractivity contribution in [2.45, 2.75) is 39.5 Å². The fourth-order valence-electron chi connectivity index (χ4n) is 2.54. The summed E-state index contributed by atoms with van der Waals surface area (Å²) in [6.45, 7) is 3.99. The van der Waals surface area contributed by atoms with Crippen molar-refractivity contribution >= 4 is 17.5 Å². The minimum atomic E-state index is 0.464. The first-order valence-electron chi connectivity index (χ1n) is 8.71. The van der Waals surface area contributed by atoms with Crippen LogP contribution in [0.4, 0.5) is 5.95 Å². The molecule has 0 radical (unpaired) electrons. The number of unbranched alkanes of at least 4 members (excludes halogenated alkanes) is 1. The Kier molecular flexibility index (Phi) is 6.44. The second kappa shape index (κ2) is 9.20. The summed E-state index contributed by atoms with van der Waals surface area (Å²) in [5, 5.41) is 15.8. The molecule has 0 bridgehead atoms. The number of ether oxygens (including phenoxy) is 1. The predicted molar refractivity (Wildman–Crippen MR) is 102 cm³/mol. The molecule has 3 rings (SSSR count). The number of aromatic nitrogens is 4. The lowest BCUT2D eigenvalue weighted by Gasteiger charge is -2.13. The maximum Gasteiger partial charge on any atom is 0.243 e. The van der Waals surface area contributed by atoms with E-state index in [0.29, 0.717) is 24.1 Å². The zero-order valence-corrected chi connectivity index (χ0v) is 15.5. The lowest BCUT2D eigenvalue weighted by atomic mass is 10.2. The highest BCUT2D eigenvalue weighted by molar-refractivity contribution is 6.30. The Bertz CT molecular complexity index is 836. The van der Waals surface area contributed by atoms with Crippen molar-refractivity contribution in [1.29, 1.82) is 0 Å². The average Bonchev–Trinajstić information content (AvgIpc) is 3.11. The van der Waals surface area contributed by atoms with Gasteiger partial charge in [-0.3, -0.25) is 0 Å². The number of halogens is 1. The summed E-state index contributed by atoms with van der Waals surface area (Å²) in [5.41, 5.74) is 2.07. The molecule has 0 aliphatic rings. The number of benzene rings is 2. The maximum absolute atomic E-state index is 6.03. The van der Waals surface area contributed by atoms with Gasteiger partial charge in [-0.05, 0) is 40.6 Å². The van der Waals surface area contributed by atoms with Gasteiger partial charge < -0.3 is 10.1 Å². The van der Waals surface area contributed by atoms with Gasteiger partial charge in [0.2, 0.25) is 5.95 Å². The Morgan fingerprint density at radius 1 is 1.15 bits per heavy atom. The highest BCUT2D eigenvalue weighted by atomic mass is 35.5. The van der Waals surface area contributed by atoms with Gasteiger partial charge in [0.15, 0.2) is 0 Å². The molecule has 6 nitrogen and oxygen atoms in total. The third-order valence-electron chi connectivity index (χ3n) is 3.95. The van der Waals surface area contributed by atoms with Gasteiger partial charge in [-0.2, -0.15) is 0 Å². The molecule has 2 aromatic carbocycles. The van der Waals surface area contributed by atoms with Crippen molar-refractivity contribution in [3.63, 3.8) is 0 Å². The van der Waals surface area contributed by atoms with E-state index in [-0.39, 0.29) is 0 Å². The van der Waals surface area contributed by atoms with Crippen molar-refractivity contribution in [2.75, 3.05) is 5.32 Å². The van der Waals surface area contributed by atoms with Gasteiger partial charge in [0.05, 0.1) is 0 Å². The molecular weight excluding hydrogens is 350 g/mol. The standard InChI is InChI=1S/C19H22ClN5O/c1-2-3-11-25-19(22-23-24-25)21-13-16-8-4-5-10-18(16)26-14-15-7-6-9-17(20)12-15/h4-10,12H,2-3,11,13-14H2,1H3,(H,21,22,24). The number of nitrogens with zero attached hydrogens (tertiary/aromatic N) is 4. The highest BCUT2D eigenvalue weighted by Gasteiger charge is 2.08. The number of anilines is 1. The van der Waals surface area contributed by atoms with Crippen LogP contribution in [0, 0.1) is 0 Å². The summed E-state index contributed by atoms with van der Waals surface area (Å²) in [6.07, 6.45) is 2.14. The number of tetrazole rings is 1. The second-order valence-electron chi connectivity index (χ2n) is 5.96. The molecule has 0 atom stereocenters. The normalized spacial score (nSPS) is 10.7. The van der Waals surface area contributed by atoms with Gasteiger partial charge in [0.25, 0.3) is 0 Å². The van der Waals surface area contributed by atoms with Crippen molar-refractivity contribution in [3.05, 3.63) is 64.7 Å². The van der Waals surface area contributed by atoms with Gasteiger partial charge in [-0.1, -0.05) is 60.4 Å². The van der Waals surface area contributed by atoms with Crippen LogP contribution in [0.25, 0.3) is 0 Å². The summed E-state index contributed by atoms with van der Waals surface area (Å²) >= 11 is 6.03. The van der Waals surface area contributed by atoms with Gasteiger partial charge in [0.1, 0.15) is 12.4 Å². The highest BCUT2D eigenvalue weighted by Crippen LogP contribution is 2.21. The molecule has 136 valence electrons. The van der Waals surface area contributed by atoms with E-state index in [1.54, 1.807) is 4.68 Å². The molecule has 0 unspecified atom stereocenters. The molecule has 0 fully saturated rings. The third-order valence-corrected chi connectivity index (χ3v) is 4.18. The smallest absolute Gasteiger partial charge is 0.243 e. The summed E-state index contributed by atoms with van der Waals surface area (Å²) in [7, 11) is 0. The number of para-hydroxylation sites is 1. The van der Waals surface area contributed by atoms with Gasteiger partial charge in [0, 0.05) is 23.7 Å². The molecule has 0 saturated heterocycles. The molecule has 0 saturated carbocycles.